The summed E-state index contributed by atoms with van der Waals surface area (Å²) in [5.41, 5.74) is 3.85. The van der Waals surface area contributed by atoms with E-state index in [-0.39, 0.29) is 6.04 Å². The Balaban J connectivity index is 2.20. The topological polar surface area (TPSA) is 38.0 Å². The maximum Gasteiger partial charge on any atom is 0.0522 e. The highest BCUT2D eigenvalue weighted by molar-refractivity contribution is 9.10. The van der Waals surface area contributed by atoms with Gasteiger partial charge in [-0.05, 0) is 33.6 Å². The molecule has 0 spiro atoms. The fourth-order valence-corrected chi connectivity index (χ4v) is 3.44. The van der Waals surface area contributed by atoms with E-state index >= 15 is 0 Å². The zero-order valence-corrected chi connectivity index (χ0v) is 12.1. The SMILES string of the molecule is NNC(Cc1cc(Br)cs1)c1ccccc1Cl. The van der Waals surface area contributed by atoms with E-state index in [4.69, 9.17) is 17.4 Å². The predicted molar refractivity (Wildman–Crippen MR) is 77.2 cm³/mol. The minimum absolute atomic E-state index is 0.0363. The maximum absolute atomic E-state index is 6.17. The van der Waals surface area contributed by atoms with Crippen LogP contribution in [0.2, 0.25) is 5.02 Å². The van der Waals surface area contributed by atoms with Gasteiger partial charge in [0.15, 0.2) is 0 Å². The van der Waals surface area contributed by atoms with Crippen LogP contribution in [0, 0.1) is 0 Å². The summed E-state index contributed by atoms with van der Waals surface area (Å²) in [4.78, 5) is 1.26. The van der Waals surface area contributed by atoms with E-state index < -0.39 is 0 Å². The summed E-state index contributed by atoms with van der Waals surface area (Å²) in [7, 11) is 0. The number of rotatable bonds is 4. The molecule has 2 nitrogen and oxygen atoms in total. The van der Waals surface area contributed by atoms with Gasteiger partial charge in [0, 0.05) is 26.2 Å². The lowest BCUT2D eigenvalue weighted by molar-refractivity contribution is 0.556. The Morgan fingerprint density at radius 1 is 1.41 bits per heavy atom. The minimum Gasteiger partial charge on any atom is -0.271 e. The highest BCUT2D eigenvalue weighted by Gasteiger charge is 2.14. The molecule has 0 aliphatic carbocycles. The van der Waals surface area contributed by atoms with Gasteiger partial charge in [0.2, 0.25) is 0 Å². The Labute approximate surface area is 118 Å². The first kappa shape index (κ1) is 13.1. The molecule has 0 radical (unpaired) electrons. The summed E-state index contributed by atoms with van der Waals surface area (Å²) < 4.78 is 1.10. The molecule has 0 amide bonds. The molecule has 0 saturated carbocycles. The van der Waals surface area contributed by atoms with Crippen molar-refractivity contribution < 1.29 is 0 Å². The molecule has 1 aromatic heterocycles. The number of benzene rings is 1. The normalized spacial score (nSPS) is 12.6. The summed E-state index contributed by atoms with van der Waals surface area (Å²) in [5.74, 6) is 5.61. The van der Waals surface area contributed by atoms with Gasteiger partial charge in [0.1, 0.15) is 0 Å². The third kappa shape index (κ3) is 3.30. The number of halogens is 2. The van der Waals surface area contributed by atoms with Gasteiger partial charge in [-0.25, -0.2) is 0 Å². The van der Waals surface area contributed by atoms with Crippen molar-refractivity contribution in [3.8, 4) is 0 Å². The van der Waals surface area contributed by atoms with Crippen molar-refractivity contribution in [2.75, 3.05) is 0 Å². The average molecular weight is 332 g/mol. The molecule has 0 bridgehead atoms. The van der Waals surface area contributed by atoms with E-state index in [0.29, 0.717) is 0 Å². The third-order valence-electron chi connectivity index (χ3n) is 2.51. The Morgan fingerprint density at radius 3 is 2.76 bits per heavy atom. The molecule has 1 atom stereocenters. The lowest BCUT2D eigenvalue weighted by Gasteiger charge is -2.16. The van der Waals surface area contributed by atoms with Gasteiger partial charge in [0.05, 0.1) is 6.04 Å². The molecule has 90 valence electrons. The molecule has 2 aromatic rings. The van der Waals surface area contributed by atoms with Gasteiger partial charge < -0.3 is 0 Å². The lowest BCUT2D eigenvalue weighted by Crippen LogP contribution is -2.29. The van der Waals surface area contributed by atoms with Crippen LogP contribution in [0.5, 0.6) is 0 Å². The zero-order valence-electron chi connectivity index (χ0n) is 8.99. The van der Waals surface area contributed by atoms with Crippen LogP contribution in [0.4, 0.5) is 0 Å². The van der Waals surface area contributed by atoms with Gasteiger partial charge in [-0.15, -0.1) is 11.3 Å². The second-order valence-corrected chi connectivity index (χ2v) is 5.99. The highest BCUT2D eigenvalue weighted by atomic mass is 79.9. The van der Waals surface area contributed by atoms with Crippen molar-refractivity contribution >= 4 is 38.9 Å². The number of nitrogens with one attached hydrogen (secondary N) is 1. The molecule has 2 rings (SSSR count). The molecule has 0 saturated heterocycles. The van der Waals surface area contributed by atoms with Crippen LogP contribution < -0.4 is 11.3 Å². The fourth-order valence-electron chi connectivity index (χ4n) is 1.68. The highest BCUT2D eigenvalue weighted by Crippen LogP contribution is 2.28. The van der Waals surface area contributed by atoms with E-state index in [1.807, 2.05) is 24.3 Å². The van der Waals surface area contributed by atoms with Crippen molar-refractivity contribution in [2.24, 2.45) is 5.84 Å². The van der Waals surface area contributed by atoms with Gasteiger partial charge in [0.25, 0.3) is 0 Å². The van der Waals surface area contributed by atoms with E-state index in [1.165, 1.54) is 4.88 Å². The van der Waals surface area contributed by atoms with E-state index in [2.05, 4.69) is 32.8 Å². The maximum atomic E-state index is 6.17. The number of hydrazine groups is 1. The van der Waals surface area contributed by atoms with Crippen LogP contribution in [0.3, 0.4) is 0 Å². The third-order valence-corrected chi connectivity index (χ3v) is 4.57. The Morgan fingerprint density at radius 2 is 2.18 bits per heavy atom. The first-order valence-electron chi connectivity index (χ1n) is 5.14. The monoisotopic (exact) mass is 330 g/mol. The predicted octanol–water partition coefficient (Wildman–Crippen LogP) is 3.91. The molecular formula is C12H12BrClN2S. The van der Waals surface area contributed by atoms with Crippen molar-refractivity contribution in [1.29, 1.82) is 0 Å². The van der Waals surface area contributed by atoms with Crippen LogP contribution in [0.1, 0.15) is 16.5 Å². The average Bonchev–Trinajstić information content (AvgIpc) is 2.73. The van der Waals surface area contributed by atoms with Crippen LogP contribution in [-0.2, 0) is 6.42 Å². The van der Waals surface area contributed by atoms with Gasteiger partial charge in [-0.2, -0.15) is 0 Å². The van der Waals surface area contributed by atoms with Crippen molar-refractivity contribution in [2.45, 2.75) is 12.5 Å². The molecule has 5 heteroatoms. The number of hydrogen-bond donors (Lipinski definition) is 2. The molecule has 1 unspecified atom stereocenters. The van der Waals surface area contributed by atoms with Crippen LogP contribution in [0.25, 0.3) is 0 Å². The van der Waals surface area contributed by atoms with Crippen LogP contribution in [-0.4, -0.2) is 0 Å². The summed E-state index contributed by atoms with van der Waals surface area (Å²) in [6.45, 7) is 0. The molecule has 0 aliphatic rings. The summed E-state index contributed by atoms with van der Waals surface area (Å²) in [6, 6.07) is 9.90. The lowest BCUT2D eigenvalue weighted by atomic mass is 10.0. The number of nitrogens with two attached hydrogens (primary N) is 1. The van der Waals surface area contributed by atoms with Crippen molar-refractivity contribution in [1.82, 2.24) is 5.43 Å². The molecule has 17 heavy (non-hydrogen) atoms. The number of hydrogen-bond acceptors (Lipinski definition) is 3. The van der Waals surface area contributed by atoms with Crippen LogP contribution >= 0.6 is 38.9 Å². The van der Waals surface area contributed by atoms with Gasteiger partial charge in [-0.1, -0.05) is 29.8 Å². The fraction of sp³-hybridized carbons (Fsp3) is 0.167. The Hall–Kier alpha value is -0.390. The largest absolute Gasteiger partial charge is 0.271 e. The van der Waals surface area contributed by atoms with E-state index in [9.17, 15) is 0 Å². The molecule has 1 heterocycles. The summed E-state index contributed by atoms with van der Waals surface area (Å²) in [6.07, 6.45) is 0.830. The Bertz CT molecular complexity index is 501. The minimum atomic E-state index is 0.0363. The summed E-state index contributed by atoms with van der Waals surface area (Å²) >= 11 is 11.3. The first-order valence-corrected chi connectivity index (χ1v) is 7.19. The van der Waals surface area contributed by atoms with E-state index in [0.717, 1.165) is 21.5 Å². The molecule has 3 N–H and O–H groups in total. The first-order chi connectivity index (χ1) is 8.20. The van der Waals surface area contributed by atoms with Crippen LogP contribution in [0.15, 0.2) is 40.2 Å². The second kappa shape index (κ2) is 5.98. The quantitative estimate of drug-likeness (QED) is 0.658. The van der Waals surface area contributed by atoms with E-state index in [1.54, 1.807) is 11.3 Å². The molecular weight excluding hydrogens is 320 g/mol. The van der Waals surface area contributed by atoms with Gasteiger partial charge >= 0.3 is 0 Å². The smallest absolute Gasteiger partial charge is 0.0522 e. The number of thiophene rings is 1. The molecule has 0 aliphatic heterocycles. The van der Waals surface area contributed by atoms with Crippen molar-refractivity contribution in [3.63, 3.8) is 0 Å². The molecule has 0 fully saturated rings. The summed E-state index contributed by atoms with van der Waals surface area (Å²) in [5, 5.41) is 2.81. The standard InChI is InChI=1S/C12H12BrClN2S/c13-8-5-9(17-7-8)6-12(16-15)10-3-1-2-4-11(10)14/h1-5,7,12,16H,6,15H2. The zero-order chi connectivity index (χ0) is 12.3. The Kier molecular flexibility index (Phi) is 4.59. The molecule has 1 aromatic carbocycles. The second-order valence-electron chi connectivity index (χ2n) is 3.68. The van der Waals surface area contributed by atoms with Gasteiger partial charge in [-0.3, -0.25) is 11.3 Å². The van der Waals surface area contributed by atoms with Crippen molar-refractivity contribution in [3.05, 3.63) is 55.6 Å².